The number of nitrogens with zero attached hydrogens (tertiary/aromatic N) is 1. The van der Waals surface area contributed by atoms with Gasteiger partial charge >= 0.3 is 5.97 Å². The zero-order chi connectivity index (χ0) is 15.4. The quantitative estimate of drug-likeness (QED) is 0.840. The summed E-state index contributed by atoms with van der Waals surface area (Å²) in [5.74, 6) is -2.68. The van der Waals surface area contributed by atoms with Crippen molar-refractivity contribution in [1.29, 1.82) is 5.26 Å². The zero-order valence-corrected chi connectivity index (χ0v) is 11.8. The predicted molar refractivity (Wildman–Crippen MR) is 77.8 cm³/mol. The van der Waals surface area contributed by atoms with E-state index in [1.54, 1.807) is 12.1 Å². The second-order valence-corrected chi connectivity index (χ2v) is 5.20. The number of rotatable bonds is 3. The third kappa shape index (κ3) is 3.41. The molecule has 0 spiro atoms. The molecule has 21 heavy (non-hydrogen) atoms. The fourth-order valence-corrected chi connectivity index (χ4v) is 2.46. The number of nitriles is 1. The van der Waals surface area contributed by atoms with Crippen LogP contribution in [0, 0.1) is 23.2 Å². The topological polar surface area (TPSA) is 90.2 Å². The van der Waals surface area contributed by atoms with E-state index in [1.807, 2.05) is 12.1 Å². The van der Waals surface area contributed by atoms with Gasteiger partial charge in [-0.05, 0) is 31.0 Å². The summed E-state index contributed by atoms with van der Waals surface area (Å²) >= 11 is 5.82. The normalized spacial score (nSPS) is 20.6. The molecule has 0 aromatic heterocycles. The molecule has 0 radical (unpaired) electrons. The predicted octanol–water partition coefficient (Wildman–Crippen LogP) is 2.82. The molecule has 108 valence electrons. The van der Waals surface area contributed by atoms with Gasteiger partial charge in [0.05, 0.1) is 22.4 Å². The Morgan fingerprint density at radius 2 is 1.95 bits per heavy atom. The van der Waals surface area contributed by atoms with Crippen molar-refractivity contribution in [3.8, 4) is 6.07 Å². The standard InChI is InChI=1S/C15H13ClN2O3/c16-13-6-5-10(7-9(13)8-17)18-14(19)11-3-1-2-4-12(11)15(20)21/h1-2,5-7,11-12H,3-4H2,(H,18,19)(H,20,21). The summed E-state index contributed by atoms with van der Waals surface area (Å²) in [7, 11) is 0. The van der Waals surface area contributed by atoms with Gasteiger partial charge in [-0.25, -0.2) is 0 Å². The van der Waals surface area contributed by atoms with Crippen LogP contribution in [0.4, 0.5) is 5.69 Å². The van der Waals surface area contributed by atoms with Crippen LogP contribution in [0.1, 0.15) is 18.4 Å². The summed E-state index contributed by atoms with van der Waals surface area (Å²) in [6, 6.07) is 6.49. The summed E-state index contributed by atoms with van der Waals surface area (Å²) in [5.41, 5.74) is 0.687. The molecule has 0 heterocycles. The van der Waals surface area contributed by atoms with E-state index in [0.29, 0.717) is 23.6 Å². The van der Waals surface area contributed by atoms with Crippen molar-refractivity contribution in [2.24, 2.45) is 11.8 Å². The molecule has 1 aromatic carbocycles. The molecule has 0 saturated carbocycles. The van der Waals surface area contributed by atoms with E-state index in [4.69, 9.17) is 22.0 Å². The van der Waals surface area contributed by atoms with E-state index < -0.39 is 17.8 Å². The lowest BCUT2D eigenvalue weighted by molar-refractivity contribution is -0.146. The van der Waals surface area contributed by atoms with Crippen molar-refractivity contribution >= 4 is 29.2 Å². The molecular formula is C15H13ClN2O3. The van der Waals surface area contributed by atoms with Gasteiger partial charge in [0.25, 0.3) is 0 Å². The molecule has 1 amide bonds. The fraction of sp³-hybridized carbons (Fsp3) is 0.267. The minimum Gasteiger partial charge on any atom is -0.481 e. The van der Waals surface area contributed by atoms with Crippen LogP contribution in [0.3, 0.4) is 0 Å². The van der Waals surface area contributed by atoms with Crippen LogP contribution in [0.5, 0.6) is 0 Å². The molecule has 0 saturated heterocycles. The highest BCUT2D eigenvalue weighted by Crippen LogP contribution is 2.28. The lowest BCUT2D eigenvalue weighted by atomic mass is 9.82. The van der Waals surface area contributed by atoms with E-state index in [2.05, 4.69) is 5.32 Å². The number of aliphatic carboxylic acids is 1. The maximum atomic E-state index is 12.2. The molecule has 0 fully saturated rings. The van der Waals surface area contributed by atoms with Crippen LogP contribution in [0.15, 0.2) is 30.4 Å². The smallest absolute Gasteiger partial charge is 0.307 e. The Hall–Kier alpha value is -2.32. The Morgan fingerprint density at radius 3 is 2.57 bits per heavy atom. The molecule has 2 N–H and O–H groups in total. The van der Waals surface area contributed by atoms with Crippen molar-refractivity contribution in [3.63, 3.8) is 0 Å². The molecule has 1 aliphatic carbocycles. The Kier molecular flexibility index (Phi) is 4.61. The number of carboxylic acid groups (broad SMARTS) is 1. The number of carboxylic acids is 1. The average molecular weight is 305 g/mol. The van der Waals surface area contributed by atoms with Crippen LogP contribution < -0.4 is 5.32 Å². The van der Waals surface area contributed by atoms with Crippen molar-refractivity contribution in [3.05, 3.63) is 40.9 Å². The van der Waals surface area contributed by atoms with E-state index in [1.165, 1.54) is 12.1 Å². The first-order valence-corrected chi connectivity index (χ1v) is 6.79. The van der Waals surface area contributed by atoms with Crippen molar-refractivity contribution in [2.75, 3.05) is 5.32 Å². The van der Waals surface area contributed by atoms with Gasteiger partial charge in [-0.15, -0.1) is 0 Å². The number of carbonyl (C=O) groups is 2. The number of nitrogens with one attached hydrogen (secondary N) is 1. The van der Waals surface area contributed by atoms with Gasteiger partial charge < -0.3 is 10.4 Å². The largest absolute Gasteiger partial charge is 0.481 e. The van der Waals surface area contributed by atoms with Crippen LogP contribution in [-0.4, -0.2) is 17.0 Å². The van der Waals surface area contributed by atoms with Gasteiger partial charge in [0.15, 0.2) is 0 Å². The molecule has 2 atom stereocenters. The molecule has 2 rings (SSSR count). The molecule has 6 heteroatoms. The van der Waals surface area contributed by atoms with Crippen molar-refractivity contribution in [2.45, 2.75) is 12.8 Å². The second-order valence-electron chi connectivity index (χ2n) is 4.79. The third-order valence-corrected chi connectivity index (χ3v) is 3.77. The summed E-state index contributed by atoms with van der Waals surface area (Å²) in [6.45, 7) is 0. The highest BCUT2D eigenvalue weighted by Gasteiger charge is 2.33. The highest BCUT2D eigenvalue weighted by atomic mass is 35.5. The van der Waals surface area contributed by atoms with E-state index in [-0.39, 0.29) is 11.5 Å². The van der Waals surface area contributed by atoms with E-state index >= 15 is 0 Å². The first-order chi connectivity index (χ1) is 10.0. The monoisotopic (exact) mass is 304 g/mol. The second kappa shape index (κ2) is 6.42. The lowest BCUT2D eigenvalue weighted by Crippen LogP contribution is -2.34. The number of allylic oxidation sites excluding steroid dienone is 2. The Balaban J connectivity index is 2.16. The number of carbonyl (C=O) groups excluding carboxylic acids is 1. The molecular weight excluding hydrogens is 292 g/mol. The van der Waals surface area contributed by atoms with Gasteiger partial charge in [-0.1, -0.05) is 23.8 Å². The number of benzene rings is 1. The van der Waals surface area contributed by atoms with Crippen LogP contribution in [-0.2, 0) is 9.59 Å². The van der Waals surface area contributed by atoms with Crippen molar-refractivity contribution in [1.82, 2.24) is 0 Å². The van der Waals surface area contributed by atoms with Gasteiger partial charge in [-0.2, -0.15) is 5.26 Å². The van der Waals surface area contributed by atoms with Crippen LogP contribution >= 0.6 is 11.6 Å². The molecule has 1 aromatic rings. The first-order valence-electron chi connectivity index (χ1n) is 6.41. The molecule has 2 unspecified atom stereocenters. The molecule has 1 aliphatic rings. The minimum absolute atomic E-state index is 0.257. The molecule has 0 bridgehead atoms. The van der Waals surface area contributed by atoms with E-state index in [9.17, 15) is 9.59 Å². The Labute approximate surface area is 126 Å². The van der Waals surface area contributed by atoms with Gasteiger partial charge in [0.1, 0.15) is 6.07 Å². The van der Waals surface area contributed by atoms with Crippen LogP contribution in [0.25, 0.3) is 0 Å². The number of hydrogen-bond acceptors (Lipinski definition) is 3. The number of hydrogen-bond donors (Lipinski definition) is 2. The third-order valence-electron chi connectivity index (χ3n) is 3.44. The van der Waals surface area contributed by atoms with Gasteiger partial charge in [0, 0.05) is 5.69 Å². The van der Waals surface area contributed by atoms with E-state index in [0.717, 1.165) is 0 Å². The first kappa shape index (κ1) is 15.1. The summed E-state index contributed by atoms with van der Waals surface area (Å²) in [4.78, 5) is 23.4. The average Bonchev–Trinajstić information content (AvgIpc) is 2.49. The molecule has 5 nitrogen and oxygen atoms in total. The number of halogens is 1. The van der Waals surface area contributed by atoms with Crippen molar-refractivity contribution < 1.29 is 14.7 Å². The fourth-order valence-electron chi connectivity index (χ4n) is 2.30. The van der Waals surface area contributed by atoms with Crippen LogP contribution in [0.2, 0.25) is 5.02 Å². The highest BCUT2D eigenvalue weighted by molar-refractivity contribution is 6.31. The summed E-state index contributed by atoms with van der Waals surface area (Å²) in [6.07, 6.45) is 4.32. The Bertz CT molecular complexity index is 649. The summed E-state index contributed by atoms with van der Waals surface area (Å²) < 4.78 is 0. The number of anilines is 1. The van der Waals surface area contributed by atoms with Gasteiger partial charge in [0.2, 0.25) is 5.91 Å². The maximum Gasteiger partial charge on any atom is 0.307 e. The Morgan fingerprint density at radius 1 is 1.29 bits per heavy atom. The molecule has 0 aliphatic heterocycles. The summed E-state index contributed by atoms with van der Waals surface area (Å²) in [5, 5.41) is 21.0. The SMILES string of the molecule is N#Cc1cc(NC(=O)C2CC=CCC2C(=O)O)ccc1Cl. The van der Waals surface area contributed by atoms with Gasteiger partial charge in [-0.3, -0.25) is 9.59 Å². The minimum atomic E-state index is -0.978. The zero-order valence-electron chi connectivity index (χ0n) is 11.0. The lowest BCUT2D eigenvalue weighted by Gasteiger charge is -2.24. The maximum absolute atomic E-state index is 12.2. The number of amides is 1.